The van der Waals surface area contributed by atoms with E-state index in [1.807, 2.05) is 6.07 Å². The summed E-state index contributed by atoms with van der Waals surface area (Å²) < 4.78 is 10.5. The first-order chi connectivity index (χ1) is 6.09. The lowest BCUT2D eigenvalue weighted by molar-refractivity contribution is -0.152. The van der Waals surface area contributed by atoms with E-state index in [1.54, 1.807) is 32.0 Å². The minimum atomic E-state index is -0.881. The number of ether oxygens (including phenoxy) is 2. The molecule has 0 amide bonds. The smallest absolute Gasteiger partial charge is 0.355 e. The number of benzene rings is 1. The monoisotopic (exact) mass is 178 g/mol. The van der Waals surface area contributed by atoms with Gasteiger partial charge in [-0.1, -0.05) is 12.1 Å². The van der Waals surface area contributed by atoms with E-state index in [0.29, 0.717) is 11.5 Å². The predicted octanol–water partition coefficient (Wildman–Crippen LogP) is 1.76. The third-order valence-electron chi connectivity index (χ3n) is 1.91. The van der Waals surface area contributed by atoms with Crippen molar-refractivity contribution in [1.29, 1.82) is 0 Å². The Morgan fingerprint density at radius 1 is 1.15 bits per heavy atom. The minimum absolute atomic E-state index is 0.355. The fourth-order valence-corrected chi connectivity index (χ4v) is 1.16. The first-order valence-electron chi connectivity index (χ1n) is 4.10. The van der Waals surface area contributed by atoms with Crippen LogP contribution in [0.25, 0.3) is 0 Å². The van der Waals surface area contributed by atoms with E-state index in [-0.39, 0.29) is 5.97 Å². The van der Waals surface area contributed by atoms with E-state index < -0.39 is 5.60 Å². The van der Waals surface area contributed by atoms with Gasteiger partial charge in [-0.05, 0) is 26.0 Å². The van der Waals surface area contributed by atoms with Crippen LogP contribution in [0.3, 0.4) is 0 Å². The number of rotatable bonds is 0. The zero-order valence-electron chi connectivity index (χ0n) is 7.53. The highest BCUT2D eigenvalue weighted by molar-refractivity contribution is 5.83. The lowest BCUT2D eigenvalue weighted by Gasteiger charge is -2.29. The summed E-state index contributed by atoms with van der Waals surface area (Å²) in [5, 5.41) is 0. The number of hydrogen-bond acceptors (Lipinski definition) is 3. The zero-order valence-corrected chi connectivity index (χ0v) is 7.53. The van der Waals surface area contributed by atoms with Crippen LogP contribution < -0.4 is 9.47 Å². The molecule has 1 aromatic rings. The van der Waals surface area contributed by atoms with E-state index in [9.17, 15) is 4.79 Å². The van der Waals surface area contributed by atoms with Crippen molar-refractivity contribution in [1.82, 2.24) is 0 Å². The van der Waals surface area contributed by atoms with Crippen LogP contribution in [0.1, 0.15) is 13.8 Å². The van der Waals surface area contributed by atoms with Gasteiger partial charge in [0.1, 0.15) is 0 Å². The fraction of sp³-hybridized carbons (Fsp3) is 0.300. The molecule has 13 heavy (non-hydrogen) atoms. The molecule has 0 bridgehead atoms. The normalized spacial score (nSPS) is 18.5. The summed E-state index contributed by atoms with van der Waals surface area (Å²) in [6.45, 7) is 3.37. The molecule has 1 aliphatic heterocycles. The molecule has 1 heterocycles. The molecular weight excluding hydrogens is 168 g/mol. The second-order valence-electron chi connectivity index (χ2n) is 3.45. The number of esters is 1. The van der Waals surface area contributed by atoms with E-state index >= 15 is 0 Å². The molecule has 1 aromatic carbocycles. The highest BCUT2D eigenvalue weighted by atomic mass is 16.6. The largest absolute Gasteiger partial charge is 0.472 e. The van der Waals surface area contributed by atoms with Crippen molar-refractivity contribution in [3.63, 3.8) is 0 Å². The average Bonchev–Trinajstić information content (AvgIpc) is 2.06. The van der Waals surface area contributed by atoms with Gasteiger partial charge >= 0.3 is 5.97 Å². The molecule has 0 spiro atoms. The highest BCUT2D eigenvalue weighted by Gasteiger charge is 2.37. The second kappa shape index (κ2) is 2.49. The van der Waals surface area contributed by atoms with Crippen LogP contribution in [0.4, 0.5) is 0 Å². The van der Waals surface area contributed by atoms with Crippen LogP contribution in [0.5, 0.6) is 11.5 Å². The predicted molar refractivity (Wildman–Crippen MR) is 46.8 cm³/mol. The Kier molecular flexibility index (Phi) is 1.55. The lowest BCUT2D eigenvalue weighted by Crippen LogP contribution is -2.44. The van der Waals surface area contributed by atoms with Crippen molar-refractivity contribution in [2.24, 2.45) is 0 Å². The Balaban J connectivity index is 2.44. The summed E-state index contributed by atoms with van der Waals surface area (Å²) in [4.78, 5) is 11.3. The Morgan fingerprint density at radius 2 is 1.77 bits per heavy atom. The minimum Gasteiger partial charge on any atom is -0.472 e. The quantitative estimate of drug-likeness (QED) is 0.448. The second-order valence-corrected chi connectivity index (χ2v) is 3.45. The first kappa shape index (κ1) is 8.10. The fourth-order valence-electron chi connectivity index (χ4n) is 1.16. The zero-order chi connectivity index (χ0) is 9.47. The lowest BCUT2D eigenvalue weighted by atomic mass is 10.1. The molecular formula is C10H10O3. The van der Waals surface area contributed by atoms with Crippen molar-refractivity contribution >= 4 is 5.97 Å². The number of fused-ring (bicyclic) bond motifs is 1. The SMILES string of the molecule is CC1(C)Oc2ccccc2OC1=O. The van der Waals surface area contributed by atoms with Crippen LogP contribution in [0.15, 0.2) is 24.3 Å². The van der Waals surface area contributed by atoms with Crippen molar-refractivity contribution in [2.45, 2.75) is 19.4 Å². The molecule has 0 N–H and O–H groups in total. The summed E-state index contributed by atoms with van der Waals surface area (Å²) in [5.74, 6) is 0.755. The molecule has 1 aliphatic rings. The van der Waals surface area contributed by atoms with E-state index in [4.69, 9.17) is 9.47 Å². The van der Waals surface area contributed by atoms with Crippen molar-refractivity contribution in [3.8, 4) is 11.5 Å². The molecule has 0 fully saturated rings. The Bertz CT molecular complexity index is 355. The van der Waals surface area contributed by atoms with Crippen LogP contribution in [0.2, 0.25) is 0 Å². The molecule has 0 saturated carbocycles. The topological polar surface area (TPSA) is 35.5 Å². The van der Waals surface area contributed by atoms with Gasteiger partial charge in [0.25, 0.3) is 0 Å². The first-order valence-corrected chi connectivity index (χ1v) is 4.10. The maximum atomic E-state index is 11.3. The number of carbonyl (C=O) groups is 1. The molecule has 0 atom stereocenters. The average molecular weight is 178 g/mol. The van der Waals surface area contributed by atoms with Gasteiger partial charge in [-0.2, -0.15) is 0 Å². The third kappa shape index (κ3) is 1.26. The number of para-hydroxylation sites is 2. The van der Waals surface area contributed by atoms with Crippen LogP contribution in [0, 0.1) is 0 Å². The van der Waals surface area contributed by atoms with E-state index in [1.165, 1.54) is 0 Å². The Labute approximate surface area is 76.3 Å². The standard InChI is InChI=1S/C10H10O3/c1-10(2)9(11)12-7-5-3-4-6-8(7)13-10/h3-6H,1-2H3. The van der Waals surface area contributed by atoms with Crippen molar-refractivity contribution in [2.75, 3.05) is 0 Å². The van der Waals surface area contributed by atoms with Gasteiger partial charge in [0.05, 0.1) is 0 Å². The van der Waals surface area contributed by atoms with Crippen LogP contribution >= 0.6 is 0 Å². The van der Waals surface area contributed by atoms with E-state index in [2.05, 4.69) is 0 Å². The molecule has 0 aromatic heterocycles. The summed E-state index contributed by atoms with van der Waals surface area (Å²) >= 11 is 0. The Morgan fingerprint density at radius 3 is 2.46 bits per heavy atom. The summed E-state index contributed by atoms with van der Waals surface area (Å²) in [7, 11) is 0. The molecule has 0 unspecified atom stereocenters. The molecule has 0 radical (unpaired) electrons. The molecule has 2 rings (SSSR count). The molecule has 68 valence electrons. The van der Waals surface area contributed by atoms with Crippen molar-refractivity contribution < 1.29 is 14.3 Å². The van der Waals surface area contributed by atoms with Crippen LogP contribution in [-0.4, -0.2) is 11.6 Å². The van der Waals surface area contributed by atoms with Gasteiger partial charge in [0, 0.05) is 0 Å². The maximum absolute atomic E-state index is 11.3. The van der Waals surface area contributed by atoms with Gasteiger partial charge in [-0.3, -0.25) is 0 Å². The molecule has 3 heteroatoms. The molecule has 0 saturated heterocycles. The number of hydrogen-bond donors (Lipinski definition) is 0. The Hall–Kier alpha value is -1.51. The molecule has 0 aliphatic carbocycles. The highest BCUT2D eigenvalue weighted by Crippen LogP contribution is 2.34. The van der Waals surface area contributed by atoms with Gasteiger partial charge in [-0.15, -0.1) is 0 Å². The van der Waals surface area contributed by atoms with Gasteiger partial charge in [-0.25, -0.2) is 4.79 Å². The maximum Gasteiger partial charge on any atom is 0.355 e. The summed E-state index contributed by atoms with van der Waals surface area (Å²) in [6.07, 6.45) is 0. The van der Waals surface area contributed by atoms with E-state index in [0.717, 1.165) is 0 Å². The number of carbonyl (C=O) groups excluding carboxylic acids is 1. The summed E-state index contributed by atoms with van der Waals surface area (Å²) in [6, 6.07) is 7.13. The van der Waals surface area contributed by atoms with Gasteiger partial charge < -0.3 is 9.47 Å². The third-order valence-corrected chi connectivity index (χ3v) is 1.91. The summed E-state index contributed by atoms with van der Waals surface area (Å²) in [5.41, 5.74) is -0.881. The van der Waals surface area contributed by atoms with Crippen LogP contribution in [-0.2, 0) is 4.79 Å². The van der Waals surface area contributed by atoms with Gasteiger partial charge in [0.2, 0.25) is 5.60 Å². The molecule has 3 nitrogen and oxygen atoms in total. The van der Waals surface area contributed by atoms with Crippen molar-refractivity contribution in [3.05, 3.63) is 24.3 Å². The van der Waals surface area contributed by atoms with Gasteiger partial charge in [0.15, 0.2) is 11.5 Å².